The van der Waals surface area contributed by atoms with Crippen LogP contribution < -0.4 is 14.8 Å². The van der Waals surface area contributed by atoms with Crippen molar-refractivity contribution in [2.45, 2.75) is 13.3 Å². The van der Waals surface area contributed by atoms with Gasteiger partial charge in [-0.05, 0) is 43.3 Å². The molecule has 166 valence electrons. The third-order valence-corrected chi connectivity index (χ3v) is 4.82. The van der Waals surface area contributed by atoms with Gasteiger partial charge in [0.25, 0.3) is 5.91 Å². The molecule has 0 radical (unpaired) electrons. The van der Waals surface area contributed by atoms with E-state index in [1.54, 1.807) is 13.0 Å². The minimum atomic E-state index is -0.735. The van der Waals surface area contributed by atoms with Crippen LogP contribution in [0, 0.1) is 12.7 Å². The number of hydrogen-bond donors (Lipinski definition) is 1. The van der Waals surface area contributed by atoms with Gasteiger partial charge in [0, 0.05) is 12.5 Å². The number of halogens is 2. The highest BCUT2D eigenvalue weighted by molar-refractivity contribution is 6.32. The van der Waals surface area contributed by atoms with E-state index in [4.69, 9.17) is 25.8 Å². The molecule has 32 heavy (non-hydrogen) atoms. The maximum absolute atomic E-state index is 13.2. The zero-order valence-corrected chi connectivity index (χ0v) is 17.8. The van der Waals surface area contributed by atoms with Crippen molar-refractivity contribution in [2.75, 3.05) is 25.1 Å². The molecule has 2 aromatic carbocycles. The third kappa shape index (κ3) is 4.83. The molecular formula is C22H19ClFN3O5. The first kappa shape index (κ1) is 21.6. The number of carbonyl (C=O) groups excluding carboxylic acids is 2. The number of fused-ring (bicyclic) bond motifs is 1. The van der Waals surface area contributed by atoms with Gasteiger partial charge in [0.1, 0.15) is 11.6 Å². The Morgan fingerprint density at radius 2 is 1.94 bits per heavy atom. The first-order valence-electron chi connectivity index (χ1n) is 9.79. The molecule has 0 saturated carbocycles. The number of hydrogen-bond acceptors (Lipinski definition) is 6. The van der Waals surface area contributed by atoms with Gasteiger partial charge in [0.05, 0.1) is 35.2 Å². The highest BCUT2D eigenvalue weighted by atomic mass is 35.5. The van der Waals surface area contributed by atoms with E-state index in [9.17, 15) is 14.0 Å². The summed E-state index contributed by atoms with van der Waals surface area (Å²) in [5.74, 6) is -0.602. The molecule has 4 rings (SSSR count). The number of carbonyl (C=O) groups is 2. The van der Waals surface area contributed by atoms with E-state index in [0.29, 0.717) is 48.3 Å². The number of nitrogens with one attached hydrogen (secondary N) is 1. The molecule has 1 N–H and O–H groups in total. The van der Waals surface area contributed by atoms with Gasteiger partial charge in [-0.2, -0.15) is 5.10 Å². The highest BCUT2D eigenvalue weighted by Crippen LogP contribution is 2.38. The van der Waals surface area contributed by atoms with Crippen molar-refractivity contribution in [3.05, 3.63) is 64.6 Å². The van der Waals surface area contributed by atoms with Crippen LogP contribution in [0.4, 0.5) is 10.2 Å². The van der Waals surface area contributed by atoms with Crippen molar-refractivity contribution >= 4 is 29.3 Å². The Hall–Kier alpha value is -3.59. The number of rotatable bonds is 5. The average Bonchev–Trinajstić information content (AvgIpc) is 2.97. The number of benzene rings is 2. The standard InChI is InChI=1S/C22H19ClFN3O5/c1-13-9-19(27(26-13)16-5-3-15(24)4-6-16)25-20(28)12-32-22(29)14-10-17(23)21-18(11-14)30-7-2-8-31-21/h3-6,9-11H,2,7-8,12H2,1H3,(H,25,28). The van der Waals surface area contributed by atoms with Crippen molar-refractivity contribution in [1.29, 1.82) is 0 Å². The third-order valence-electron chi connectivity index (χ3n) is 4.54. The Morgan fingerprint density at radius 3 is 2.72 bits per heavy atom. The van der Waals surface area contributed by atoms with Gasteiger partial charge in [-0.3, -0.25) is 4.79 Å². The summed E-state index contributed by atoms with van der Waals surface area (Å²) >= 11 is 6.20. The second kappa shape index (κ2) is 9.27. The summed E-state index contributed by atoms with van der Waals surface area (Å²) in [4.78, 5) is 24.8. The van der Waals surface area contributed by atoms with Gasteiger partial charge in [-0.1, -0.05) is 11.6 Å². The molecule has 0 atom stereocenters. The molecule has 0 unspecified atom stereocenters. The SMILES string of the molecule is Cc1cc(NC(=O)COC(=O)c2cc(Cl)c3c(c2)OCCCO3)n(-c2ccc(F)cc2)n1. The topological polar surface area (TPSA) is 91.7 Å². The van der Waals surface area contributed by atoms with Crippen LogP contribution in [-0.4, -0.2) is 41.5 Å². The summed E-state index contributed by atoms with van der Waals surface area (Å²) in [5.41, 5.74) is 1.34. The quantitative estimate of drug-likeness (QED) is 0.581. The molecule has 0 spiro atoms. The predicted octanol–water partition coefficient (Wildman–Crippen LogP) is 3.93. The number of aryl methyl sites for hydroxylation is 1. The number of ether oxygens (including phenoxy) is 3. The molecule has 1 aliphatic rings. The second-order valence-electron chi connectivity index (χ2n) is 7.02. The van der Waals surface area contributed by atoms with Gasteiger partial charge in [-0.15, -0.1) is 0 Å². The lowest BCUT2D eigenvalue weighted by molar-refractivity contribution is -0.119. The molecule has 8 nitrogen and oxygen atoms in total. The van der Waals surface area contributed by atoms with E-state index in [-0.39, 0.29) is 16.4 Å². The smallest absolute Gasteiger partial charge is 0.338 e. The summed E-state index contributed by atoms with van der Waals surface area (Å²) in [6.07, 6.45) is 0.693. The lowest BCUT2D eigenvalue weighted by atomic mass is 10.2. The summed E-state index contributed by atoms with van der Waals surface area (Å²) in [5, 5.41) is 7.16. The Morgan fingerprint density at radius 1 is 1.19 bits per heavy atom. The summed E-state index contributed by atoms with van der Waals surface area (Å²) in [7, 11) is 0. The minimum absolute atomic E-state index is 0.138. The molecule has 1 amide bonds. The van der Waals surface area contributed by atoms with E-state index in [0.717, 1.165) is 0 Å². The Kier molecular flexibility index (Phi) is 6.27. The van der Waals surface area contributed by atoms with E-state index < -0.39 is 18.5 Å². The van der Waals surface area contributed by atoms with Crippen LogP contribution in [-0.2, 0) is 9.53 Å². The van der Waals surface area contributed by atoms with Gasteiger partial charge in [-0.25, -0.2) is 13.9 Å². The van der Waals surface area contributed by atoms with Crippen LogP contribution in [0.1, 0.15) is 22.5 Å². The fourth-order valence-electron chi connectivity index (χ4n) is 3.11. The largest absolute Gasteiger partial charge is 0.489 e. The zero-order chi connectivity index (χ0) is 22.7. The van der Waals surface area contributed by atoms with Crippen molar-refractivity contribution in [3.63, 3.8) is 0 Å². The Bertz CT molecular complexity index is 1160. The monoisotopic (exact) mass is 459 g/mol. The van der Waals surface area contributed by atoms with Crippen LogP contribution in [0.15, 0.2) is 42.5 Å². The maximum atomic E-state index is 13.2. The van der Waals surface area contributed by atoms with Gasteiger partial charge < -0.3 is 19.5 Å². The number of nitrogens with zero attached hydrogens (tertiary/aromatic N) is 2. The Labute approximate surface area is 187 Å². The van der Waals surface area contributed by atoms with E-state index in [2.05, 4.69) is 10.4 Å². The molecule has 2 heterocycles. The van der Waals surface area contributed by atoms with Gasteiger partial charge in [0.2, 0.25) is 0 Å². The number of amides is 1. The lowest BCUT2D eigenvalue weighted by Crippen LogP contribution is -2.22. The van der Waals surface area contributed by atoms with E-state index in [1.165, 1.54) is 41.1 Å². The molecule has 0 bridgehead atoms. The molecule has 0 aliphatic carbocycles. The van der Waals surface area contributed by atoms with Crippen molar-refractivity contribution in [3.8, 4) is 17.2 Å². The minimum Gasteiger partial charge on any atom is -0.489 e. The zero-order valence-electron chi connectivity index (χ0n) is 17.1. The lowest BCUT2D eigenvalue weighted by Gasteiger charge is -2.12. The second-order valence-corrected chi connectivity index (χ2v) is 7.43. The molecule has 0 saturated heterocycles. The van der Waals surface area contributed by atoms with Crippen LogP contribution in [0.5, 0.6) is 11.5 Å². The normalized spacial score (nSPS) is 12.7. The fourth-order valence-corrected chi connectivity index (χ4v) is 3.37. The fraction of sp³-hybridized carbons (Fsp3) is 0.227. The van der Waals surface area contributed by atoms with Crippen molar-refractivity contribution in [1.82, 2.24) is 9.78 Å². The first-order chi connectivity index (χ1) is 15.4. The van der Waals surface area contributed by atoms with Crippen LogP contribution in [0.25, 0.3) is 5.69 Å². The molecular weight excluding hydrogens is 441 g/mol. The van der Waals surface area contributed by atoms with E-state index in [1.807, 2.05) is 0 Å². The number of aromatic nitrogens is 2. The number of anilines is 1. The highest BCUT2D eigenvalue weighted by Gasteiger charge is 2.20. The Balaban J connectivity index is 1.42. The van der Waals surface area contributed by atoms with Crippen molar-refractivity contribution in [2.24, 2.45) is 0 Å². The molecule has 10 heteroatoms. The molecule has 1 aliphatic heterocycles. The van der Waals surface area contributed by atoms with Gasteiger partial charge in [0.15, 0.2) is 18.1 Å². The predicted molar refractivity (Wildman–Crippen MR) is 114 cm³/mol. The summed E-state index contributed by atoms with van der Waals surface area (Å²) < 4.78 is 30.9. The molecule has 3 aromatic rings. The van der Waals surface area contributed by atoms with Crippen LogP contribution >= 0.6 is 11.6 Å². The molecule has 0 fully saturated rings. The summed E-state index contributed by atoms with van der Waals surface area (Å²) in [6.45, 7) is 2.12. The average molecular weight is 460 g/mol. The van der Waals surface area contributed by atoms with E-state index >= 15 is 0 Å². The van der Waals surface area contributed by atoms with Crippen molar-refractivity contribution < 1.29 is 28.2 Å². The summed E-state index contributed by atoms with van der Waals surface area (Å²) in [6, 6.07) is 10.2. The van der Waals surface area contributed by atoms with Crippen LogP contribution in [0.3, 0.4) is 0 Å². The maximum Gasteiger partial charge on any atom is 0.338 e. The number of esters is 1. The van der Waals surface area contributed by atoms with Crippen LogP contribution in [0.2, 0.25) is 5.02 Å². The first-order valence-corrected chi connectivity index (χ1v) is 10.2. The molecule has 1 aromatic heterocycles. The van der Waals surface area contributed by atoms with Gasteiger partial charge >= 0.3 is 5.97 Å².